The number of hydrogen-bond donors (Lipinski definition) is 3. The number of fused-ring (bicyclic) bond motifs is 2. The maximum atomic E-state index is 12.3. The predicted molar refractivity (Wildman–Crippen MR) is 90.1 cm³/mol. The smallest absolute Gasteiger partial charge is 0.167 e. The number of aromatic hydroxyl groups is 2. The molecule has 5 nitrogen and oxygen atoms in total. The Balaban J connectivity index is 1.95. The summed E-state index contributed by atoms with van der Waals surface area (Å²) >= 11 is 0. The average Bonchev–Trinajstić information content (AvgIpc) is 2.59. The number of hydrogen-bond acceptors (Lipinski definition) is 5. The first-order valence-electron chi connectivity index (χ1n) is 8.41. The Hall–Kier alpha value is -2.66. The van der Waals surface area contributed by atoms with Gasteiger partial charge in [-0.25, -0.2) is 0 Å². The molecule has 0 heterocycles. The van der Waals surface area contributed by atoms with Crippen LogP contribution >= 0.6 is 0 Å². The Morgan fingerprint density at radius 2 is 1.48 bits per heavy atom. The summed E-state index contributed by atoms with van der Waals surface area (Å²) in [5.41, 5.74) is 2.42. The molecule has 0 saturated heterocycles. The van der Waals surface area contributed by atoms with E-state index in [0.717, 1.165) is 5.56 Å². The number of phenolic OH excluding ortho intramolecular Hbond substituents is 2. The molecule has 0 fully saturated rings. The maximum Gasteiger partial charge on any atom is 0.167 e. The van der Waals surface area contributed by atoms with E-state index in [1.165, 1.54) is 12.1 Å². The third-order valence-corrected chi connectivity index (χ3v) is 5.28. The molecule has 2 aromatic rings. The van der Waals surface area contributed by atoms with Gasteiger partial charge >= 0.3 is 0 Å². The molecule has 5 heteroatoms. The second-order valence-corrected chi connectivity index (χ2v) is 6.70. The van der Waals surface area contributed by atoms with E-state index in [9.17, 15) is 24.9 Å². The van der Waals surface area contributed by atoms with Gasteiger partial charge in [0, 0.05) is 18.8 Å². The molecule has 0 radical (unpaired) electrons. The molecule has 2 unspecified atom stereocenters. The predicted octanol–water partition coefficient (Wildman–Crippen LogP) is 3.22. The van der Waals surface area contributed by atoms with Crippen LogP contribution in [0.5, 0.6) is 11.5 Å². The van der Waals surface area contributed by atoms with Crippen molar-refractivity contribution in [2.24, 2.45) is 0 Å². The van der Waals surface area contributed by atoms with Crippen molar-refractivity contribution in [1.29, 1.82) is 0 Å². The minimum atomic E-state index is -0.826. The highest BCUT2D eigenvalue weighted by Crippen LogP contribution is 2.46. The van der Waals surface area contributed by atoms with Gasteiger partial charge in [-0.2, -0.15) is 0 Å². The van der Waals surface area contributed by atoms with Crippen molar-refractivity contribution in [2.75, 3.05) is 0 Å². The van der Waals surface area contributed by atoms with Crippen LogP contribution in [0.1, 0.15) is 75.1 Å². The first-order valence-corrected chi connectivity index (χ1v) is 8.41. The van der Waals surface area contributed by atoms with Gasteiger partial charge in [-0.3, -0.25) is 9.59 Å². The van der Waals surface area contributed by atoms with Crippen LogP contribution in [0, 0.1) is 0 Å². The fourth-order valence-electron chi connectivity index (χ4n) is 4.15. The Labute approximate surface area is 144 Å². The van der Waals surface area contributed by atoms with Crippen molar-refractivity contribution >= 4 is 11.6 Å². The van der Waals surface area contributed by atoms with Crippen LogP contribution in [0.25, 0.3) is 0 Å². The number of ketones is 2. The lowest BCUT2D eigenvalue weighted by Gasteiger charge is -2.31. The summed E-state index contributed by atoms with van der Waals surface area (Å²) in [6.07, 6.45) is 0.516. The highest BCUT2D eigenvalue weighted by molar-refractivity contribution is 6.03. The number of phenols is 2. The molecule has 4 rings (SSSR count). The first kappa shape index (κ1) is 15.8. The zero-order chi connectivity index (χ0) is 17.7. The number of aliphatic hydroxyl groups excluding tert-OH is 1. The van der Waals surface area contributed by atoms with E-state index >= 15 is 0 Å². The lowest BCUT2D eigenvalue weighted by atomic mass is 9.73. The monoisotopic (exact) mass is 338 g/mol. The van der Waals surface area contributed by atoms with E-state index in [0.29, 0.717) is 29.5 Å². The van der Waals surface area contributed by atoms with E-state index in [2.05, 4.69) is 0 Å². The van der Waals surface area contributed by atoms with Gasteiger partial charge in [0.25, 0.3) is 0 Å². The van der Waals surface area contributed by atoms with Crippen molar-refractivity contribution in [3.8, 4) is 11.5 Å². The van der Waals surface area contributed by atoms with Gasteiger partial charge < -0.3 is 15.3 Å². The van der Waals surface area contributed by atoms with E-state index in [4.69, 9.17) is 0 Å². The van der Waals surface area contributed by atoms with Gasteiger partial charge in [0.1, 0.15) is 11.5 Å². The van der Waals surface area contributed by atoms with Crippen molar-refractivity contribution in [3.05, 3.63) is 58.1 Å². The largest absolute Gasteiger partial charge is 0.507 e. The SMILES string of the molecule is O=C1CCC(c2ccc(O)c3c2C(O)CCC3=O)c2cccc(O)c21. The zero-order valence-corrected chi connectivity index (χ0v) is 13.5. The molecular weight excluding hydrogens is 320 g/mol. The van der Waals surface area contributed by atoms with Gasteiger partial charge in [-0.1, -0.05) is 18.2 Å². The van der Waals surface area contributed by atoms with E-state index < -0.39 is 6.10 Å². The molecule has 128 valence electrons. The number of aliphatic hydroxyl groups is 1. The quantitative estimate of drug-likeness (QED) is 0.742. The Bertz CT molecular complexity index is 899. The molecule has 0 aliphatic heterocycles. The van der Waals surface area contributed by atoms with Crippen molar-refractivity contribution in [1.82, 2.24) is 0 Å². The van der Waals surface area contributed by atoms with Crippen LogP contribution < -0.4 is 0 Å². The summed E-state index contributed by atoms with van der Waals surface area (Å²) in [4.78, 5) is 24.5. The molecule has 25 heavy (non-hydrogen) atoms. The van der Waals surface area contributed by atoms with Gasteiger partial charge in [-0.05, 0) is 41.7 Å². The lowest BCUT2D eigenvalue weighted by Crippen LogP contribution is -2.22. The van der Waals surface area contributed by atoms with Crippen LogP contribution in [0.2, 0.25) is 0 Å². The van der Waals surface area contributed by atoms with Crippen molar-refractivity contribution in [3.63, 3.8) is 0 Å². The van der Waals surface area contributed by atoms with Crippen molar-refractivity contribution < 1.29 is 24.9 Å². The zero-order valence-electron chi connectivity index (χ0n) is 13.5. The second kappa shape index (κ2) is 5.70. The lowest BCUT2D eigenvalue weighted by molar-refractivity contribution is 0.0888. The first-order chi connectivity index (χ1) is 12.0. The van der Waals surface area contributed by atoms with E-state index in [1.807, 2.05) is 0 Å². The van der Waals surface area contributed by atoms with Crippen LogP contribution in [-0.2, 0) is 0 Å². The van der Waals surface area contributed by atoms with E-state index in [1.54, 1.807) is 18.2 Å². The molecule has 2 aliphatic rings. The van der Waals surface area contributed by atoms with Crippen LogP contribution in [0.3, 0.4) is 0 Å². The molecule has 0 aromatic heterocycles. The number of benzene rings is 2. The van der Waals surface area contributed by atoms with Crippen molar-refractivity contribution in [2.45, 2.75) is 37.7 Å². The van der Waals surface area contributed by atoms with Gasteiger partial charge in [-0.15, -0.1) is 0 Å². The molecule has 2 aromatic carbocycles. The van der Waals surface area contributed by atoms with Crippen LogP contribution in [0.4, 0.5) is 0 Å². The van der Waals surface area contributed by atoms with Crippen LogP contribution in [-0.4, -0.2) is 26.9 Å². The molecule has 0 amide bonds. The molecule has 0 bridgehead atoms. The normalized spacial score (nSPS) is 22.4. The minimum Gasteiger partial charge on any atom is -0.507 e. The highest BCUT2D eigenvalue weighted by atomic mass is 16.3. The Morgan fingerprint density at radius 1 is 0.800 bits per heavy atom. The van der Waals surface area contributed by atoms with Gasteiger partial charge in [0.15, 0.2) is 11.6 Å². The Kier molecular flexibility index (Phi) is 3.62. The third kappa shape index (κ3) is 2.35. The number of rotatable bonds is 1. The van der Waals surface area contributed by atoms with Gasteiger partial charge in [0.2, 0.25) is 0 Å². The van der Waals surface area contributed by atoms with Gasteiger partial charge in [0.05, 0.1) is 17.2 Å². The van der Waals surface area contributed by atoms with Crippen LogP contribution in [0.15, 0.2) is 30.3 Å². The molecule has 0 spiro atoms. The summed E-state index contributed by atoms with van der Waals surface area (Å²) in [7, 11) is 0. The molecule has 0 saturated carbocycles. The summed E-state index contributed by atoms with van der Waals surface area (Å²) in [5, 5.41) is 30.7. The summed E-state index contributed by atoms with van der Waals surface area (Å²) in [5.74, 6) is -0.659. The molecular formula is C20H18O5. The summed E-state index contributed by atoms with van der Waals surface area (Å²) < 4.78 is 0. The number of carbonyl (C=O) groups excluding carboxylic acids is 2. The fraction of sp³-hybridized carbons (Fsp3) is 0.300. The second-order valence-electron chi connectivity index (χ2n) is 6.70. The summed E-state index contributed by atoms with van der Waals surface area (Å²) in [6, 6.07) is 8.17. The molecule has 2 atom stereocenters. The Morgan fingerprint density at radius 3 is 2.28 bits per heavy atom. The number of Topliss-reactive ketones (excluding diaryl/α,β-unsaturated/α-hetero) is 2. The maximum absolute atomic E-state index is 12.3. The standard InChI is InChI=1S/C20H18O5/c21-13-3-1-2-11-10(4-6-14(22)18(11)13)12-5-7-16(24)20-17(25)9-8-15(23)19(12)20/h1-3,5,7,10,15,21,23-24H,4,6,8-9H2. The minimum absolute atomic E-state index is 0.0449. The highest BCUT2D eigenvalue weighted by Gasteiger charge is 2.35. The fourth-order valence-corrected chi connectivity index (χ4v) is 4.15. The summed E-state index contributed by atoms with van der Waals surface area (Å²) in [6.45, 7) is 0. The molecule has 2 aliphatic carbocycles. The number of carbonyl (C=O) groups is 2. The molecule has 3 N–H and O–H groups in total. The third-order valence-electron chi connectivity index (χ3n) is 5.28. The van der Waals surface area contributed by atoms with E-state index in [-0.39, 0.29) is 47.4 Å². The average molecular weight is 338 g/mol. The topological polar surface area (TPSA) is 94.8 Å².